The molecule has 0 heterocycles. The number of amides is 1. The highest BCUT2D eigenvalue weighted by molar-refractivity contribution is 7.89. The molecule has 0 aliphatic rings. The number of ether oxygens (including phenoxy) is 1. The van der Waals surface area contributed by atoms with Crippen LogP contribution in [0, 0.1) is 0 Å². The Hall–Kier alpha value is -2.42. The van der Waals surface area contributed by atoms with Crippen molar-refractivity contribution in [1.82, 2.24) is 0 Å². The molecule has 2 aromatic carbocycles. The molecule has 1 unspecified atom stereocenters. The van der Waals surface area contributed by atoms with Gasteiger partial charge in [-0.2, -0.15) is 0 Å². The number of hydrogen-bond acceptors (Lipinski definition) is 5. The molecule has 138 valence electrons. The first-order valence-corrected chi connectivity index (χ1v) is 9.46. The minimum absolute atomic E-state index is 0.0552. The van der Waals surface area contributed by atoms with E-state index in [1.807, 2.05) is 0 Å². The van der Waals surface area contributed by atoms with E-state index in [1.165, 1.54) is 31.2 Å². The topological polar surface area (TPSA) is 116 Å². The second-order valence-electron chi connectivity index (χ2n) is 5.46. The highest BCUT2D eigenvalue weighted by Crippen LogP contribution is 2.17. The lowest BCUT2D eigenvalue weighted by Crippen LogP contribution is -2.30. The molecule has 0 bridgehead atoms. The molecule has 0 radical (unpaired) electrons. The Kier molecular flexibility index (Phi) is 6.36. The van der Waals surface area contributed by atoms with Gasteiger partial charge in [0.2, 0.25) is 10.0 Å². The van der Waals surface area contributed by atoms with E-state index >= 15 is 0 Å². The van der Waals surface area contributed by atoms with Crippen LogP contribution in [0.2, 0.25) is 5.02 Å². The van der Waals surface area contributed by atoms with E-state index in [-0.39, 0.29) is 11.3 Å². The number of carbonyl (C=O) groups excluding carboxylic acids is 2. The van der Waals surface area contributed by atoms with Gasteiger partial charge in [-0.15, -0.1) is 0 Å². The van der Waals surface area contributed by atoms with Gasteiger partial charge in [-0.25, -0.2) is 13.6 Å². The second-order valence-corrected chi connectivity index (χ2v) is 7.43. The van der Waals surface area contributed by atoms with Crippen molar-refractivity contribution in [2.45, 2.75) is 24.3 Å². The van der Waals surface area contributed by atoms with Crippen LogP contribution in [0.3, 0.4) is 0 Å². The fourth-order valence-electron chi connectivity index (χ4n) is 2.06. The molecule has 2 aromatic rings. The maximum absolute atomic E-state index is 12.1. The molecular formula is C17H17ClN2O5S. The summed E-state index contributed by atoms with van der Waals surface area (Å²) in [4.78, 5) is 24.0. The third-order valence-electron chi connectivity index (χ3n) is 3.42. The maximum atomic E-state index is 12.1. The number of carbonyl (C=O) groups is 2. The Bertz CT molecular complexity index is 913. The summed E-state index contributed by atoms with van der Waals surface area (Å²) in [5.41, 5.74) is 0.946. The SMILES string of the molecule is CC(OC(=O)Cc1ccccc1Cl)C(=O)Nc1ccc(S(N)(=O)=O)cc1. The van der Waals surface area contributed by atoms with Crippen molar-refractivity contribution in [2.75, 3.05) is 5.32 Å². The van der Waals surface area contributed by atoms with E-state index in [2.05, 4.69) is 5.32 Å². The van der Waals surface area contributed by atoms with Crippen LogP contribution in [0.5, 0.6) is 0 Å². The smallest absolute Gasteiger partial charge is 0.311 e. The van der Waals surface area contributed by atoms with Crippen molar-refractivity contribution >= 4 is 39.2 Å². The quantitative estimate of drug-likeness (QED) is 0.725. The molecule has 0 spiro atoms. The molecule has 2 rings (SSSR count). The molecule has 0 saturated heterocycles. The molecule has 0 aliphatic heterocycles. The van der Waals surface area contributed by atoms with Gasteiger partial charge in [0.25, 0.3) is 5.91 Å². The Morgan fingerprint density at radius 3 is 2.35 bits per heavy atom. The van der Waals surface area contributed by atoms with Crippen molar-refractivity contribution in [3.8, 4) is 0 Å². The standard InChI is InChI=1S/C17H17ClN2O5S/c1-11(25-16(21)10-12-4-2-3-5-15(12)18)17(22)20-13-6-8-14(9-7-13)26(19,23)24/h2-9,11H,10H2,1H3,(H,20,22)(H2,19,23,24). The summed E-state index contributed by atoms with van der Waals surface area (Å²) in [6, 6.07) is 12.1. The lowest BCUT2D eigenvalue weighted by molar-refractivity contribution is -0.152. The van der Waals surface area contributed by atoms with Crippen LogP contribution in [0.15, 0.2) is 53.4 Å². The Balaban J connectivity index is 1.93. The number of rotatable bonds is 6. The maximum Gasteiger partial charge on any atom is 0.311 e. The van der Waals surface area contributed by atoms with Crippen molar-refractivity contribution in [3.05, 3.63) is 59.1 Å². The van der Waals surface area contributed by atoms with E-state index in [4.69, 9.17) is 21.5 Å². The number of anilines is 1. The summed E-state index contributed by atoms with van der Waals surface area (Å²) in [7, 11) is -3.81. The van der Waals surface area contributed by atoms with Gasteiger partial charge in [-0.05, 0) is 42.8 Å². The second kappa shape index (κ2) is 8.31. The summed E-state index contributed by atoms with van der Waals surface area (Å²) in [5, 5.41) is 7.97. The van der Waals surface area contributed by atoms with E-state index in [0.717, 1.165) is 0 Å². The number of hydrogen-bond donors (Lipinski definition) is 2. The van der Waals surface area contributed by atoms with Gasteiger partial charge in [0.1, 0.15) is 0 Å². The van der Waals surface area contributed by atoms with Crippen LogP contribution in [0.1, 0.15) is 12.5 Å². The van der Waals surface area contributed by atoms with Crippen LogP contribution in [0.4, 0.5) is 5.69 Å². The lowest BCUT2D eigenvalue weighted by atomic mass is 10.1. The molecule has 3 N–H and O–H groups in total. The first kappa shape index (κ1) is 19.9. The van der Waals surface area contributed by atoms with Crippen LogP contribution in [0.25, 0.3) is 0 Å². The average molecular weight is 397 g/mol. The Morgan fingerprint density at radius 2 is 1.77 bits per heavy atom. The molecule has 0 aliphatic carbocycles. The van der Waals surface area contributed by atoms with E-state index in [0.29, 0.717) is 16.3 Å². The third kappa shape index (κ3) is 5.55. The number of primary sulfonamides is 1. The van der Waals surface area contributed by atoms with Gasteiger partial charge in [0.15, 0.2) is 6.10 Å². The van der Waals surface area contributed by atoms with Gasteiger partial charge >= 0.3 is 5.97 Å². The minimum atomic E-state index is -3.81. The molecule has 1 amide bonds. The Labute approximate surface area is 156 Å². The van der Waals surface area contributed by atoms with Crippen LogP contribution in [-0.4, -0.2) is 26.4 Å². The number of halogens is 1. The summed E-state index contributed by atoms with van der Waals surface area (Å²) in [6.07, 6.45) is -1.09. The number of benzene rings is 2. The number of nitrogens with two attached hydrogens (primary N) is 1. The molecule has 0 fully saturated rings. The van der Waals surface area contributed by atoms with Crippen molar-refractivity contribution < 1.29 is 22.7 Å². The fraction of sp³-hybridized carbons (Fsp3) is 0.176. The van der Waals surface area contributed by atoms with Crippen molar-refractivity contribution in [3.63, 3.8) is 0 Å². The normalized spacial score (nSPS) is 12.3. The zero-order valence-electron chi connectivity index (χ0n) is 13.8. The highest BCUT2D eigenvalue weighted by atomic mass is 35.5. The summed E-state index contributed by atoms with van der Waals surface area (Å²) in [6.45, 7) is 1.43. The Morgan fingerprint density at radius 1 is 1.15 bits per heavy atom. The average Bonchev–Trinajstić information content (AvgIpc) is 2.56. The molecular weight excluding hydrogens is 380 g/mol. The number of sulfonamides is 1. The third-order valence-corrected chi connectivity index (χ3v) is 4.72. The van der Waals surface area contributed by atoms with Crippen LogP contribution in [-0.2, 0) is 30.8 Å². The summed E-state index contributed by atoms with van der Waals surface area (Å²) >= 11 is 5.98. The van der Waals surface area contributed by atoms with E-state index in [9.17, 15) is 18.0 Å². The van der Waals surface area contributed by atoms with Gasteiger partial charge in [0.05, 0.1) is 11.3 Å². The van der Waals surface area contributed by atoms with Gasteiger partial charge < -0.3 is 10.1 Å². The van der Waals surface area contributed by atoms with Gasteiger partial charge in [-0.1, -0.05) is 29.8 Å². The predicted molar refractivity (Wildman–Crippen MR) is 97.2 cm³/mol. The lowest BCUT2D eigenvalue weighted by Gasteiger charge is -2.14. The van der Waals surface area contributed by atoms with Crippen molar-refractivity contribution in [1.29, 1.82) is 0 Å². The zero-order valence-corrected chi connectivity index (χ0v) is 15.4. The first-order chi connectivity index (χ1) is 12.2. The van der Waals surface area contributed by atoms with E-state index < -0.39 is 28.0 Å². The zero-order chi connectivity index (χ0) is 19.3. The summed E-state index contributed by atoms with van der Waals surface area (Å²) in [5.74, 6) is -1.15. The predicted octanol–water partition coefficient (Wildman–Crippen LogP) is 2.10. The minimum Gasteiger partial charge on any atom is -0.452 e. The molecule has 0 saturated carbocycles. The van der Waals surface area contributed by atoms with E-state index in [1.54, 1.807) is 24.3 Å². The van der Waals surface area contributed by atoms with Crippen LogP contribution >= 0.6 is 11.6 Å². The molecule has 9 heteroatoms. The fourth-order valence-corrected chi connectivity index (χ4v) is 2.78. The largest absolute Gasteiger partial charge is 0.452 e. The van der Waals surface area contributed by atoms with Gasteiger partial charge in [-0.3, -0.25) is 9.59 Å². The molecule has 1 atom stereocenters. The number of esters is 1. The summed E-state index contributed by atoms with van der Waals surface area (Å²) < 4.78 is 27.5. The van der Waals surface area contributed by atoms with Crippen LogP contribution < -0.4 is 10.5 Å². The molecule has 26 heavy (non-hydrogen) atoms. The monoisotopic (exact) mass is 396 g/mol. The first-order valence-electron chi connectivity index (χ1n) is 7.53. The number of nitrogens with one attached hydrogen (secondary N) is 1. The molecule has 0 aromatic heterocycles. The van der Waals surface area contributed by atoms with Gasteiger partial charge in [0, 0.05) is 10.7 Å². The molecule has 7 nitrogen and oxygen atoms in total. The highest BCUT2D eigenvalue weighted by Gasteiger charge is 2.19. The van der Waals surface area contributed by atoms with Crippen molar-refractivity contribution in [2.24, 2.45) is 5.14 Å².